The molecule has 2 aromatic carbocycles. The summed E-state index contributed by atoms with van der Waals surface area (Å²) in [6.45, 7) is 1.74. The number of amides is 2. The molecule has 7 nitrogen and oxygen atoms in total. The zero-order chi connectivity index (χ0) is 23.0. The Bertz CT molecular complexity index is 901. The van der Waals surface area contributed by atoms with E-state index in [9.17, 15) is 9.59 Å². The van der Waals surface area contributed by atoms with Crippen LogP contribution in [0.25, 0.3) is 0 Å². The molecule has 0 aliphatic heterocycles. The first-order valence-electron chi connectivity index (χ1n) is 9.63. The maximum Gasteiger partial charge on any atom is 0.261 e. The van der Waals surface area contributed by atoms with E-state index in [2.05, 4.69) is 5.32 Å². The van der Waals surface area contributed by atoms with E-state index in [0.717, 1.165) is 5.56 Å². The van der Waals surface area contributed by atoms with Gasteiger partial charge in [0.05, 0.1) is 24.3 Å². The molecule has 2 amide bonds. The number of likely N-dealkylation sites (N-methyl/N-ethyl adjacent to an activating group) is 1. The number of carbonyl (C=O) groups excluding carboxylic acids is 2. The van der Waals surface area contributed by atoms with Crippen molar-refractivity contribution in [3.8, 4) is 17.2 Å². The van der Waals surface area contributed by atoms with Gasteiger partial charge in [0, 0.05) is 31.8 Å². The molecule has 0 heterocycles. The van der Waals surface area contributed by atoms with E-state index in [0.29, 0.717) is 33.7 Å². The van der Waals surface area contributed by atoms with Crippen LogP contribution in [0.2, 0.25) is 10.0 Å². The minimum Gasteiger partial charge on any atom is -0.496 e. The lowest BCUT2D eigenvalue weighted by Gasteiger charge is -2.30. The molecule has 0 saturated heterocycles. The smallest absolute Gasteiger partial charge is 0.261 e. The van der Waals surface area contributed by atoms with E-state index in [1.54, 1.807) is 36.4 Å². The Morgan fingerprint density at radius 2 is 1.61 bits per heavy atom. The van der Waals surface area contributed by atoms with Crippen molar-refractivity contribution in [2.24, 2.45) is 0 Å². The first kappa shape index (κ1) is 24.6. The first-order chi connectivity index (χ1) is 14.8. The van der Waals surface area contributed by atoms with E-state index >= 15 is 0 Å². The van der Waals surface area contributed by atoms with E-state index in [-0.39, 0.29) is 25.0 Å². The molecular formula is C22H26Cl2N2O5. The van der Waals surface area contributed by atoms with Crippen LogP contribution >= 0.6 is 23.2 Å². The molecule has 0 bridgehead atoms. The Morgan fingerprint density at radius 3 is 2.13 bits per heavy atom. The molecule has 9 heteroatoms. The summed E-state index contributed by atoms with van der Waals surface area (Å²) in [6, 6.07) is 9.42. The van der Waals surface area contributed by atoms with Crippen molar-refractivity contribution in [3.05, 3.63) is 52.0 Å². The summed E-state index contributed by atoms with van der Waals surface area (Å²) < 4.78 is 16.1. The number of hydrogen-bond acceptors (Lipinski definition) is 5. The molecule has 0 radical (unpaired) electrons. The molecule has 0 aliphatic carbocycles. The number of nitrogens with one attached hydrogen (secondary N) is 1. The third kappa shape index (κ3) is 6.67. The molecule has 0 aliphatic rings. The number of nitrogens with zero attached hydrogens (tertiary/aromatic N) is 1. The standard InChI is InChI=1S/C22H26Cl2N2O5/c1-5-20(22(28)25-2)26(12-14-6-7-18(23)19(24)8-14)21(27)13-31-17-10-15(29-3)9-16(11-17)30-4/h6-11,20H,5,12-13H2,1-4H3,(H,25,28)/t20-/m0/s1. The number of methoxy groups -OCH3 is 2. The second-order valence-corrected chi connectivity index (χ2v) is 7.46. The number of rotatable bonds is 10. The van der Waals surface area contributed by atoms with Crippen LogP contribution in [0, 0.1) is 0 Å². The fourth-order valence-electron chi connectivity index (χ4n) is 3.01. The van der Waals surface area contributed by atoms with E-state index in [4.69, 9.17) is 37.4 Å². The summed E-state index contributed by atoms with van der Waals surface area (Å²) in [5, 5.41) is 3.40. The van der Waals surface area contributed by atoms with E-state index in [1.807, 2.05) is 6.92 Å². The summed E-state index contributed by atoms with van der Waals surface area (Å²) in [7, 11) is 4.58. The zero-order valence-corrected chi connectivity index (χ0v) is 19.4. The van der Waals surface area contributed by atoms with Crippen LogP contribution in [0.1, 0.15) is 18.9 Å². The van der Waals surface area contributed by atoms with Crippen LogP contribution in [-0.4, -0.2) is 50.6 Å². The second-order valence-electron chi connectivity index (χ2n) is 6.65. The van der Waals surface area contributed by atoms with E-state index in [1.165, 1.54) is 26.2 Å². The number of carbonyl (C=O) groups is 2. The molecule has 0 fully saturated rings. The van der Waals surface area contributed by atoms with Gasteiger partial charge in [0.2, 0.25) is 5.91 Å². The van der Waals surface area contributed by atoms with Crippen molar-refractivity contribution >= 4 is 35.0 Å². The van der Waals surface area contributed by atoms with Crippen LogP contribution in [-0.2, 0) is 16.1 Å². The van der Waals surface area contributed by atoms with Gasteiger partial charge in [-0.15, -0.1) is 0 Å². The molecule has 0 unspecified atom stereocenters. The van der Waals surface area contributed by atoms with Gasteiger partial charge in [-0.05, 0) is 24.1 Å². The van der Waals surface area contributed by atoms with Crippen LogP contribution in [0.5, 0.6) is 17.2 Å². The Hall–Kier alpha value is -2.64. The molecule has 0 spiro atoms. The summed E-state index contributed by atoms with van der Waals surface area (Å²) in [5.41, 5.74) is 0.744. The first-order valence-corrected chi connectivity index (χ1v) is 10.4. The highest BCUT2D eigenvalue weighted by Crippen LogP contribution is 2.28. The van der Waals surface area contributed by atoms with Gasteiger partial charge in [-0.3, -0.25) is 9.59 Å². The van der Waals surface area contributed by atoms with Gasteiger partial charge in [0.25, 0.3) is 5.91 Å². The van der Waals surface area contributed by atoms with Gasteiger partial charge in [-0.2, -0.15) is 0 Å². The molecular weight excluding hydrogens is 443 g/mol. The van der Waals surface area contributed by atoms with Crippen LogP contribution in [0.15, 0.2) is 36.4 Å². The summed E-state index contributed by atoms with van der Waals surface area (Å²) in [4.78, 5) is 27.0. The van der Waals surface area contributed by atoms with Crippen molar-refractivity contribution < 1.29 is 23.8 Å². The highest BCUT2D eigenvalue weighted by Gasteiger charge is 2.28. The Kier molecular flexibility index (Phi) is 9.27. The number of halogens is 2. The molecule has 0 aromatic heterocycles. The Balaban J connectivity index is 2.24. The van der Waals surface area contributed by atoms with Crippen molar-refractivity contribution in [1.82, 2.24) is 10.2 Å². The van der Waals surface area contributed by atoms with Gasteiger partial charge in [0.1, 0.15) is 23.3 Å². The second kappa shape index (κ2) is 11.7. The Morgan fingerprint density at radius 1 is 1.00 bits per heavy atom. The maximum atomic E-state index is 13.1. The minimum absolute atomic E-state index is 0.173. The number of hydrogen-bond donors (Lipinski definition) is 1. The van der Waals surface area contributed by atoms with Crippen LogP contribution < -0.4 is 19.5 Å². The number of benzene rings is 2. The van der Waals surface area contributed by atoms with Gasteiger partial charge in [0.15, 0.2) is 6.61 Å². The lowest BCUT2D eigenvalue weighted by molar-refractivity contribution is -0.142. The largest absolute Gasteiger partial charge is 0.496 e. The quantitative estimate of drug-likeness (QED) is 0.571. The van der Waals surface area contributed by atoms with Crippen LogP contribution in [0.3, 0.4) is 0 Å². The SMILES string of the molecule is CC[C@@H](C(=O)NC)N(Cc1ccc(Cl)c(Cl)c1)C(=O)COc1cc(OC)cc(OC)c1. The summed E-state index contributed by atoms with van der Waals surface area (Å²) in [5.74, 6) is 0.854. The Labute approximate surface area is 192 Å². The third-order valence-corrected chi connectivity index (χ3v) is 5.40. The minimum atomic E-state index is -0.671. The lowest BCUT2D eigenvalue weighted by atomic mass is 10.1. The third-order valence-electron chi connectivity index (χ3n) is 4.66. The van der Waals surface area contributed by atoms with E-state index < -0.39 is 6.04 Å². The van der Waals surface area contributed by atoms with Gasteiger partial charge >= 0.3 is 0 Å². The molecule has 1 N–H and O–H groups in total. The van der Waals surface area contributed by atoms with Crippen molar-refractivity contribution in [2.75, 3.05) is 27.9 Å². The molecule has 1 atom stereocenters. The fraction of sp³-hybridized carbons (Fsp3) is 0.364. The maximum absolute atomic E-state index is 13.1. The average Bonchev–Trinajstić information content (AvgIpc) is 2.78. The molecule has 2 rings (SSSR count). The van der Waals surface area contributed by atoms with Crippen LogP contribution in [0.4, 0.5) is 0 Å². The van der Waals surface area contributed by atoms with Crippen molar-refractivity contribution in [1.29, 1.82) is 0 Å². The highest BCUT2D eigenvalue weighted by atomic mass is 35.5. The fourth-order valence-corrected chi connectivity index (χ4v) is 3.33. The predicted octanol–water partition coefficient (Wildman–Crippen LogP) is 3.94. The summed E-state index contributed by atoms with van der Waals surface area (Å²) >= 11 is 12.1. The zero-order valence-electron chi connectivity index (χ0n) is 17.9. The molecule has 168 valence electrons. The monoisotopic (exact) mass is 468 g/mol. The molecule has 2 aromatic rings. The number of ether oxygens (including phenoxy) is 3. The highest BCUT2D eigenvalue weighted by molar-refractivity contribution is 6.42. The molecule has 0 saturated carbocycles. The average molecular weight is 469 g/mol. The van der Waals surface area contributed by atoms with Crippen molar-refractivity contribution in [2.45, 2.75) is 25.9 Å². The molecule has 31 heavy (non-hydrogen) atoms. The lowest BCUT2D eigenvalue weighted by Crippen LogP contribution is -2.49. The van der Waals surface area contributed by atoms with Crippen molar-refractivity contribution in [3.63, 3.8) is 0 Å². The topological polar surface area (TPSA) is 77.1 Å². The summed E-state index contributed by atoms with van der Waals surface area (Å²) in [6.07, 6.45) is 0.430. The van der Waals surface area contributed by atoms with Gasteiger partial charge < -0.3 is 24.4 Å². The predicted molar refractivity (Wildman–Crippen MR) is 120 cm³/mol. The van der Waals surface area contributed by atoms with Gasteiger partial charge in [-0.25, -0.2) is 0 Å². The van der Waals surface area contributed by atoms with Gasteiger partial charge in [-0.1, -0.05) is 36.2 Å². The normalized spacial score (nSPS) is 11.4.